The highest BCUT2D eigenvalue weighted by molar-refractivity contribution is 6.30. The smallest absolute Gasteiger partial charge is 0.321 e. The molecule has 1 aromatic rings. The zero-order chi connectivity index (χ0) is 13.5. The molecule has 3 amide bonds. The second kappa shape index (κ2) is 7.24. The summed E-state index contributed by atoms with van der Waals surface area (Å²) in [5.74, 6) is -0.219. The third-order valence-corrected chi connectivity index (χ3v) is 2.69. The Morgan fingerprint density at radius 1 is 1.39 bits per heavy atom. The number of hydrogen-bond acceptors (Lipinski definition) is 2. The van der Waals surface area contributed by atoms with Crippen molar-refractivity contribution in [3.05, 3.63) is 34.9 Å². The van der Waals surface area contributed by atoms with Crippen molar-refractivity contribution < 1.29 is 9.59 Å². The molecule has 2 N–H and O–H groups in total. The molecule has 18 heavy (non-hydrogen) atoms. The van der Waals surface area contributed by atoms with Crippen LogP contribution < -0.4 is 10.6 Å². The highest BCUT2D eigenvalue weighted by Crippen LogP contribution is 2.16. The van der Waals surface area contributed by atoms with E-state index in [0.29, 0.717) is 5.02 Å². The predicted molar refractivity (Wildman–Crippen MR) is 71.9 cm³/mol. The van der Waals surface area contributed by atoms with Crippen molar-refractivity contribution in [2.45, 2.75) is 19.4 Å². The van der Waals surface area contributed by atoms with Crippen molar-refractivity contribution in [3.63, 3.8) is 0 Å². The fourth-order valence-electron chi connectivity index (χ4n) is 1.37. The Morgan fingerprint density at radius 2 is 2.11 bits per heavy atom. The first kappa shape index (κ1) is 14.8. The number of hydrogen-bond donors (Lipinski definition) is 2. The first-order valence-corrected chi connectivity index (χ1v) is 6.36. The summed E-state index contributed by atoms with van der Waals surface area (Å²) < 4.78 is 0. The number of halogens is 2. The van der Waals surface area contributed by atoms with E-state index >= 15 is 0 Å². The molecule has 0 aromatic heterocycles. The fourth-order valence-corrected chi connectivity index (χ4v) is 1.74. The van der Waals surface area contributed by atoms with Crippen LogP contribution in [0, 0.1) is 0 Å². The largest absolute Gasteiger partial charge is 0.331 e. The van der Waals surface area contributed by atoms with Gasteiger partial charge in [0.25, 0.3) is 0 Å². The van der Waals surface area contributed by atoms with E-state index in [4.69, 9.17) is 23.2 Å². The van der Waals surface area contributed by atoms with E-state index in [-0.39, 0.29) is 18.3 Å². The van der Waals surface area contributed by atoms with Crippen molar-refractivity contribution in [2.24, 2.45) is 0 Å². The normalized spacial score (nSPS) is 11.7. The molecule has 0 heterocycles. The molecular formula is C12H14Cl2N2O2. The van der Waals surface area contributed by atoms with Crippen molar-refractivity contribution in [1.82, 2.24) is 10.6 Å². The topological polar surface area (TPSA) is 58.2 Å². The van der Waals surface area contributed by atoms with Crippen LogP contribution in [0.4, 0.5) is 4.79 Å². The Hall–Kier alpha value is -1.26. The number of rotatable bonds is 4. The molecule has 0 bridgehead atoms. The average molecular weight is 289 g/mol. The van der Waals surface area contributed by atoms with Gasteiger partial charge in [-0.05, 0) is 24.6 Å². The summed E-state index contributed by atoms with van der Waals surface area (Å²) in [6.07, 6.45) is 0.112. The predicted octanol–water partition coefficient (Wildman–Crippen LogP) is 2.86. The summed E-state index contributed by atoms with van der Waals surface area (Å²) in [4.78, 5) is 22.6. The molecule has 0 saturated carbocycles. The number of imide groups is 1. The molecule has 0 radical (unpaired) electrons. The Labute approximate surface area is 116 Å². The molecule has 1 unspecified atom stereocenters. The molecule has 1 aromatic carbocycles. The lowest BCUT2D eigenvalue weighted by molar-refractivity contribution is -0.119. The van der Waals surface area contributed by atoms with Gasteiger partial charge in [0.1, 0.15) is 0 Å². The van der Waals surface area contributed by atoms with E-state index in [0.717, 1.165) is 5.56 Å². The van der Waals surface area contributed by atoms with E-state index in [1.807, 2.05) is 6.07 Å². The fraction of sp³-hybridized carbons (Fsp3) is 0.333. The number of carbonyl (C=O) groups excluding carboxylic acids is 2. The summed E-state index contributed by atoms with van der Waals surface area (Å²) in [6, 6.07) is 6.36. The van der Waals surface area contributed by atoms with Gasteiger partial charge >= 0.3 is 6.03 Å². The van der Waals surface area contributed by atoms with Crippen molar-refractivity contribution in [1.29, 1.82) is 0 Å². The maximum atomic E-state index is 11.5. The van der Waals surface area contributed by atoms with Gasteiger partial charge in [-0.15, -0.1) is 11.6 Å². The van der Waals surface area contributed by atoms with Crippen LogP contribution in [-0.4, -0.2) is 17.8 Å². The molecule has 0 aliphatic heterocycles. The van der Waals surface area contributed by atoms with E-state index in [9.17, 15) is 9.59 Å². The van der Waals surface area contributed by atoms with Crippen molar-refractivity contribution in [2.75, 3.05) is 5.88 Å². The average Bonchev–Trinajstić information content (AvgIpc) is 2.28. The van der Waals surface area contributed by atoms with Gasteiger partial charge in [-0.3, -0.25) is 10.1 Å². The lowest BCUT2D eigenvalue weighted by atomic mass is 10.1. The lowest BCUT2D eigenvalue weighted by Crippen LogP contribution is -2.40. The van der Waals surface area contributed by atoms with Gasteiger partial charge < -0.3 is 5.32 Å². The van der Waals surface area contributed by atoms with E-state index < -0.39 is 11.9 Å². The van der Waals surface area contributed by atoms with E-state index in [1.165, 1.54) is 0 Å². The van der Waals surface area contributed by atoms with Crippen molar-refractivity contribution >= 4 is 35.1 Å². The molecule has 4 nitrogen and oxygen atoms in total. The number of nitrogens with one attached hydrogen (secondary N) is 2. The van der Waals surface area contributed by atoms with Gasteiger partial charge in [-0.1, -0.05) is 23.7 Å². The number of amides is 3. The SMILES string of the molecule is CC(NC(=O)NC(=O)CCCl)c1cccc(Cl)c1. The summed E-state index contributed by atoms with van der Waals surface area (Å²) in [5, 5.41) is 5.43. The highest BCUT2D eigenvalue weighted by Gasteiger charge is 2.11. The first-order chi connectivity index (χ1) is 8.52. The van der Waals surface area contributed by atoms with Gasteiger partial charge in [0.15, 0.2) is 0 Å². The van der Waals surface area contributed by atoms with Crippen LogP contribution in [0.15, 0.2) is 24.3 Å². The molecule has 0 saturated heterocycles. The van der Waals surface area contributed by atoms with Crippen LogP contribution in [0.2, 0.25) is 5.02 Å². The van der Waals surface area contributed by atoms with Crippen LogP contribution >= 0.6 is 23.2 Å². The summed E-state index contributed by atoms with van der Waals surface area (Å²) in [6.45, 7) is 1.80. The van der Waals surface area contributed by atoms with Crippen molar-refractivity contribution in [3.8, 4) is 0 Å². The molecule has 0 aliphatic carbocycles. The van der Waals surface area contributed by atoms with Crippen LogP contribution in [-0.2, 0) is 4.79 Å². The number of carbonyl (C=O) groups is 2. The monoisotopic (exact) mass is 288 g/mol. The molecule has 0 spiro atoms. The van der Waals surface area contributed by atoms with E-state index in [1.54, 1.807) is 25.1 Å². The second-order valence-electron chi connectivity index (χ2n) is 3.74. The molecule has 6 heteroatoms. The first-order valence-electron chi connectivity index (χ1n) is 5.44. The number of alkyl halides is 1. The Kier molecular flexibility index (Phi) is 5.95. The molecule has 1 rings (SSSR count). The summed E-state index contributed by atoms with van der Waals surface area (Å²) >= 11 is 11.2. The third kappa shape index (κ3) is 4.94. The van der Waals surface area contributed by atoms with Crippen LogP contribution in [0.3, 0.4) is 0 Å². The summed E-state index contributed by atoms with van der Waals surface area (Å²) in [5.41, 5.74) is 0.863. The standard InChI is InChI=1S/C12H14Cl2N2O2/c1-8(9-3-2-4-10(14)7-9)15-12(18)16-11(17)5-6-13/h2-4,7-8H,5-6H2,1H3,(H2,15,16,17,18). The van der Waals surface area contributed by atoms with Crippen LogP contribution in [0.25, 0.3) is 0 Å². The maximum Gasteiger partial charge on any atom is 0.321 e. The van der Waals surface area contributed by atoms with E-state index in [2.05, 4.69) is 10.6 Å². The molecule has 0 aliphatic rings. The minimum Gasteiger partial charge on any atom is -0.331 e. The maximum absolute atomic E-state index is 11.5. The second-order valence-corrected chi connectivity index (χ2v) is 4.55. The Morgan fingerprint density at radius 3 is 2.72 bits per heavy atom. The molecule has 98 valence electrons. The number of urea groups is 1. The lowest BCUT2D eigenvalue weighted by Gasteiger charge is -2.14. The van der Waals surface area contributed by atoms with Gasteiger partial charge in [-0.2, -0.15) is 0 Å². The summed E-state index contributed by atoms with van der Waals surface area (Å²) in [7, 11) is 0. The zero-order valence-electron chi connectivity index (χ0n) is 9.87. The van der Waals surface area contributed by atoms with Gasteiger partial charge in [0.2, 0.25) is 5.91 Å². The number of benzene rings is 1. The molecule has 1 atom stereocenters. The van der Waals surface area contributed by atoms with Crippen LogP contribution in [0.5, 0.6) is 0 Å². The molecular weight excluding hydrogens is 275 g/mol. The zero-order valence-corrected chi connectivity index (χ0v) is 11.4. The van der Waals surface area contributed by atoms with Gasteiger partial charge in [0.05, 0.1) is 6.04 Å². The minimum atomic E-state index is -0.544. The Bertz CT molecular complexity index is 438. The van der Waals surface area contributed by atoms with Gasteiger partial charge in [0, 0.05) is 17.3 Å². The Balaban J connectivity index is 2.52. The third-order valence-electron chi connectivity index (χ3n) is 2.27. The quantitative estimate of drug-likeness (QED) is 0.837. The van der Waals surface area contributed by atoms with Crippen LogP contribution in [0.1, 0.15) is 24.9 Å². The van der Waals surface area contributed by atoms with Gasteiger partial charge in [-0.25, -0.2) is 4.79 Å². The molecule has 0 fully saturated rings. The highest BCUT2D eigenvalue weighted by atomic mass is 35.5. The minimum absolute atomic E-state index is 0.112.